The van der Waals surface area contributed by atoms with Crippen LogP contribution in [0.3, 0.4) is 0 Å². The number of amides is 2. The number of aliphatic hydroxyl groups excluding tert-OH is 1. The topological polar surface area (TPSA) is 117 Å². The molecule has 0 heterocycles. The minimum atomic E-state index is -1.29. The van der Waals surface area contributed by atoms with Gasteiger partial charge in [0.2, 0.25) is 0 Å². The van der Waals surface area contributed by atoms with Crippen LogP contribution in [0, 0.1) is 0 Å². The van der Waals surface area contributed by atoms with Gasteiger partial charge < -0.3 is 30.3 Å². The molecule has 0 bridgehead atoms. The third kappa shape index (κ3) is 8.74. The Morgan fingerprint density at radius 1 is 1.28 bits per heavy atom. The van der Waals surface area contributed by atoms with Gasteiger partial charge in [-0.25, -0.2) is 9.59 Å². The van der Waals surface area contributed by atoms with Crippen molar-refractivity contribution in [3.05, 3.63) is 0 Å². The number of rotatable bonds is 10. The van der Waals surface area contributed by atoms with Gasteiger partial charge in [-0.2, -0.15) is 0 Å². The van der Waals surface area contributed by atoms with Crippen molar-refractivity contribution in [3.8, 4) is 0 Å². The summed E-state index contributed by atoms with van der Waals surface area (Å²) in [6.45, 7) is 1.20. The van der Waals surface area contributed by atoms with E-state index >= 15 is 0 Å². The van der Waals surface area contributed by atoms with Gasteiger partial charge >= 0.3 is 12.0 Å². The van der Waals surface area contributed by atoms with Gasteiger partial charge in [-0.15, -0.1) is 0 Å². The molecule has 0 spiro atoms. The van der Waals surface area contributed by atoms with Crippen LogP contribution in [0.4, 0.5) is 4.79 Å². The molecule has 0 aromatic carbocycles. The molecule has 0 saturated heterocycles. The molecule has 0 rings (SSSR count). The van der Waals surface area contributed by atoms with Crippen LogP contribution in [0.25, 0.3) is 0 Å². The zero-order valence-corrected chi connectivity index (χ0v) is 10.3. The molecule has 0 fully saturated rings. The molecule has 18 heavy (non-hydrogen) atoms. The zero-order valence-electron chi connectivity index (χ0n) is 10.3. The Hall–Kier alpha value is -1.38. The maximum absolute atomic E-state index is 11.2. The fraction of sp³-hybridized carbons (Fsp3) is 0.800. The highest BCUT2D eigenvalue weighted by atomic mass is 16.5. The number of hydrogen-bond donors (Lipinski definition) is 4. The summed E-state index contributed by atoms with van der Waals surface area (Å²) in [7, 11) is 1.58. The fourth-order valence-corrected chi connectivity index (χ4v) is 1.02. The highest BCUT2D eigenvalue weighted by molar-refractivity contribution is 5.82. The first-order valence-electron chi connectivity index (χ1n) is 5.56. The van der Waals surface area contributed by atoms with Crippen molar-refractivity contribution < 1.29 is 29.3 Å². The Bertz CT molecular complexity index is 249. The largest absolute Gasteiger partial charge is 0.480 e. The molecule has 0 radical (unpaired) electrons. The molecule has 0 aliphatic rings. The van der Waals surface area contributed by atoms with E-state index in [1.165, 1.54) is 0 Å². The highest BCUT2D eigenvalue weighted by Crippen LogP contribution is 1.84. The first-order chi connectivity index (χ1) is 8.61. The third-order valence-electron chi connectivity index (χ3n) is 1.97. The molecule has 1 atom stereocenters. The molecule has 0 aromatic heterocycles. The van der Waals surface area contributed by atoms with E-state index in [0.717, 1.165) is 0 Å². The van der Waals surface area contributed by atoms with Crippen molar-refractivity contribution in [2.24, 2.45) is 0 Å². The molecular formula is C10H20N2O6. The molecule has 106 valence electrons. The summed E-state index contributed by atoms with van der Waals surface area (Å²) in [4.78, 5) is 21.7. The van der Waals surface area contributed by atoms with Crippen LogP contribution >= 0.6 is 0 Å². The van der Waals surface area contributed by atoms with Gasteiger partial charge in [0.05, 0.1) is 19.8 Å². The SMILES string of the molecule is COCCOCCCNC(=O)N[C@@H](CO)C(=O)O. The van der Waals surface area contributed by atoms with Crippen LogP contribution in [0.2, 0.25) is 0 Å². The number of urea groups is 1. The molecule has 8 nitrogen and oxygen atoms in total. The van der Waals surface area contributed by atoms with Gasteiger partial charge in [0, 0.05) is 20.3 Å². The zero-order chi connectivity index (χ0) is 13.8. The average Bonchev–Trinajstić information content (AvgIpc) is 2.34. The quantitative estimate of drug-likeness (QED) is 0.368. The van der Waals surface area contributed by atoms with Crippen molar-refractivity contribution in [2.75, 3.05) is 40.1 Å². The number of carboxylic acids is 1. The number of aliphatic carboxylic acids is 1. The van der Waals surface area contributed by atoms with Gasteiger partial charge in [0.1, 0.15) is 0 Å². The summed E-state index contributed by atoms with van der Waals surface area (Å²) >= 11 is 0. The third-order valence-corrected chi connectivity index (χ3v) is 1.97. The van der Waals surface area contributed by atoms with Gasteiger partial charge in [-0.05, 0) is 6.42 Å². The number of hydrogen-bond acceptors (Lipinski definition) is 5. The van der Waals surface area contributed by atoms with Crippen molar-refractivity contribution >= 4 is 12.0 Å². The van der Waals surface area contributed by atoms with Crippen LogP contribution in [0.1, 0.15) is 6.42 Å². The lowest BCUT2D eigenvalue weighted by molar-refractivity contribution is -0.140. The molecule has 8 heteroatoms. The summed E-state index contributed by atoms with van der Waals surface area (Å²) in [5.41, 5.74) is 0. The van der Waals surface area contributed by atoms with E-state index < -0.39 is 24.6 Å². The van der Waals surface area contributed by atoms with E-state index in [0.29, 0.717) is 32.8 Å². The first-order valence-corrected chi connectivity index (χ1v) is 5.56. The first kappa shape index (κ1) is 16.6. The monoisotopic (exact) mass is 264 g/mol. The molecule has 4 N–H and O–H groups in total. The maximum Gasteiger partial charge on any atom is 0.328 e. The maximum atomic E-state index is 11.2. The van der Waals surface area contributed by atoms with Crippen LogP contribution < -0.4 is 10.6 Å². The number of carboxylic acid groups (broad SMARTS) is 1. The summed E-state index contributed by atoms with van der Waals surface area (Å²) in [5.74, 6) is -1.28. The van der Waals surface area contributed by atoms with Crippen molar-refractivity contribution in [1.82, 2.24) is 10.6 Å². The van der Waals surface area contributed by atoms with E-state index in [9.17, 15) is 9.59 Å². The van der Waals surface area contributed by atoms with Crippen LogP contribution in [0.15, 0.2) is 0 Å². The average molecular weight is 264 g/mol. The molecule has 0 unspecified atom stereocenters. The molecule has 0 aliphatic heterocycles. The second-order valence-electron chi connectivity index (χ2n) is 3.43. The Morgan fingerprint density at radius 3 is 2.56 bits per heavy atom. The number of carbonyl (C=O) groups excluding carboxylic acids is 1. The van der Waals surface area contributed by atoms with Crippen molar-refractivity contribution in [3.63, 3.8) is 0 Å². The lowest BCUT2D eigenvalue weighted by atomic mass is 10.3. The van der Waals surface area contributed by atoms with Crippen molar-refractivity contribution in [1.29, 1.82) is 0 Å². The van der Waals surface area contributed by atoms with E-state index in [2.05, 4.69) is 10.6 Å². The molecule has 0 saturated carbocycles. The number of methoxy groups -OCH3 is 1. The lowest BCUT2D eigenvalue weighted by Crippen LogP contribution is -2.48. The Kier molecular flexibility index (Phi) is 9.93. The predicted molar refractivity (Wildman–Crippen MR) is 62.4 cm³/mol. The minimum absolute atomic E-state index is 0.358. The Labute approximate surface area is 105 Å². The lowest BCUT2D eigenvalue weighted by Gasteiger charge is -2.12. The Balaban J connectivity index is 3.50. The summed E-state index contributed by atoms with van der Waals surface area (Å²) in [6.07, 6.45) is 0.605. The second kappa shape index (κ2) is 10.8. The normalized spacial score (nSPS) is 11.9. The van der Waals surface area contributed by atoms with Crippen molar-refractivity contribution in [2.45, 2.75) is 12.5 Å². The molecule has 2 amide bonds. The number of ether oxygens (including phenoxy) is 2. The number of nitrogens with one attached hydrogen (secondary N) is 2. The van der Waals surface area contributed by atoms with E-state index in [4.69, 9.17) is 19.7 Å². The molecule has 0 aliphatic carbocycles. The minimum Gasteiger partial charge on any atom is -0.480 e. The predicted octanol–water partition coefficient (Wildman–Crippen LogP) is -1.22. The van der Waals surface area contributed by atoms with Gasteiger partial charge in [-0.3, -0.25) is 0 Å². The molecule has 0 aromatic rings. The van der Waals surface area contributed by atoms with Crippen LogP contribution in [0.5, 0.6) is 0 Å². The summed E-state index contributed by atoms with van der Waals surface area (Å²) < 4.78 is 9.95. The fourth-order valence-electron chi connectivity index (χ4n) is 1.02. The van der Waals surface area contributed by atoms with E-state index in [-0.39, 0.29) is 0 Å². The second-order valence-corrected chi connectivity index (χ2v) is 3.43. The van der Waals surface area contributed by atoms with E-state index in [1.807, 2.05) is 0 Å². The standard InChI is InChI=1S/C10H20N2O6/c1-17-5-6-18-4-2-3-11-10(16)12-8(7-13)9(14)15/h8,13H,2-7H2,1H3,(H,14,15)(H2,11,12,16)/t8-/m0/s1. The summed E-state index contributed by atoms with van der Waals surface area (Å²) in [6, 6.07) is -1.92. The molecular weight excluding hydrogens is 244 g/mol. The number of carbonyl (C=O) groups is 2. The summed E-state index contributed by atoms with van der Waals surface area (Å²) in [5, 5.41) is 21.8. The van der Waals surface area contributed by atoms with Crippen LogP contribution in [-0.4, -0.2) is 68.3 Å². The van der Waals surface area contributed by atoms with E-state index in [1.54, 1.807) is 7.11 Å². The van der Waals surface area contributed by atoms with Crippen LogP contribution in [-0.2, 0) is 14.3 Å². The highest BCUT2D eigenvalue weighted by Gasteiger charge is 2.17. The number of aliphatic hydroxyl groups is 1. The van der Waals surface area contributed by atoms with Gasteiger partial charge in [0.25, 0.3) is 0 Å². The smallest absolute Gasteiger partial charge is 0.328 e. The van der Waals surface area contributed by atoms with Gasteiger partial charge in [0.15, 0.2) is 6.04 Å². The van der Waals surface area contributed by atoms with Gasteiger partial charge in [-0.1, -0.05) is 0 Å². The Morgan fingerprint density at radius 2 is 2.00 bits per heavy atom.